The predicted octanol–water partition coefficient (Wildman–Crippen LogP) is 2.74. The third-order valence-corrected chi connectivity index (χ3v) is 3.02. The van der Waals surface area contributed by atoms with Crippen molar-refractivity contribution in [3.63, 3.8) is 0 Å². The Morgan fingerprint density at radius 2 is 1.95 bits per heavy atom. The summed E-state index contributed by atoms with van der Waals surface area (Å²) < 4.78 is 0. The van der Waals surface area contributed by atoms with Crippen LogP contribution in [0.1, 0.15) is 15.9 Å². The van der Waals surface area contributed by atoms with Crippen molar-refractivity contribution in [2.24, 2.45) is 5.11 Å². The molecule has 0 aromatic heterocycles. The van der Waals surface area contributed by atoms with Gasteiger partial charge in [-0.2, -0.15) is 5.53 Å². The summed E-state index contributed by atoms with van der Waals surface area (Å²) in [5, 5.41) is 6.78. The zero-order chi connectivity index (χ0) is 13.8. The molecule has 0 saturated heterocycles. The maximum absolute atomic E-state index is 12.0. The average molecular weight is 275 g/mol. The number of anilines is 1. The largest absolute Gasteiger partial charge is 0.321 e. The lowest BCUT2D eigenvalue weighted by Gasteiger charge is -2.09. The molecule has 0 aliphatic rings. The lowest BCUT2D eigenvalue weighted by Crippen LogP contribution is -2.22. The van der Waals surface area contributed by atoms with E-state index in [-0.39, 0.29) is 5.91 Å². The zero-order valence-corrected chi connectivity index (χ0v) is 11.1. The Balaban J connectivity index is 2.27. The normalized spacial score (nSPS) is 10.0. The molecule has 0 atom stereocenters. The molecule has 2 aromatic rings. The number of amides is 1. The Morgan fingerprint density at radius 1 is 1.26 bits per heavy atom. The summed E-state index contributed by atoms with van der Waals surface area (Å²) in [7, 11) is 0. The molecule has 4 nitrogen and oxygen atoms in total. The molecule has 2 aromatic carbocycles. The van der Waals surface area contributed by atoms with Gasteiger partial charge in [0.25, 0.3) is 5.91 Å². The van der Waals surface area contributed by atoms with Gasteiger partial charge >= 0.3 is 0 Å². The van der Waals surface area contributed by atoms with Crippen LogP contribution in [0.25, 0.3) is 0 Å². The van der Waals surface area contributed by atoms with Crippen LogP contribution in [0.15, 0.2) is 47.6 Å². The van der Waals surface area contributed by atoms with Crippen LogP contribution in [0.5, 0.6) is 0 Å². The summed E-state index contributed by atoms with van der Waals surface area (Å²) in [6.45, 7) is 1.85. The van der Waals surface area contributed by atoms with E-state index >= 15 is 0 Å². The first-order valence-electron chi connectivity index (χ1n) is 5.69. The smallest absolute Gasteiger partial charge is 0.255 e. The van der Waals surface area contributed by atoms with Gasteiger partial charge in [-0.05, 0) is 41.9 Å². The molecule has 0 saturated carbocycles. The van der Waals surface area contributed by atoms with Crippen molar-refractivity contribution < 1.29 is 10.3 Å². The highest BCUT2D eigenvalue weighted by Crippen LogP contribution is 2.30. The Kier molecular flexibility index (Phi) is 3.92. The van der Waals surface area contributed by atoms with Crippen LogP contribution in [-0.4, -0.2) is 5.91 Å². The maximum Gasteiger partial charge on any atom is 0.255 e. The number of carbonyl (C=O) groups is 1. The molecule has 5 heteroatoms. The SMILES string of the molecule is Cc1cc(NC(=O)c2ccccc2)c(Cl)cc1N=[NH2+]. The molecule has 0 heterocycles. The van der Waals surface area contributed by atoms with Crippen LogP contribution in [0.4, 0.5) is 11.4 Å². The fourth-order valence-electron chi connectivity index (χ4n) is 1.69. The van der Waals surface area contributed by atoms with Gasteiger partial charge in [0, 0.05) is 5.56 Å². The number of hydrogen-bond acceptors (Lipinski definition) is 2. The van der Waals surface area contributed by atoms with Crippen molar-refractivity contribution in [2.45, 2.75) is 6.92 Å². The highest BCUT2D eigenvalue weighted by molar-refractivity contribution is 6.34. The lowest BCUT2D eigenvalue weighted by atomic mass is 10.1. The molecule has 0 aliphatic carbocycles. The van der Waals surface area contributed by atoms with E-state index in [2.05, 4.69) is 10.4 Å². The second-order valence-electron chi connectivity index (χ2n) is 4.07. The van der Waals surface area contributed by atoms with E-state index in [4.69, 9.17) is 17.1 Å². The van der Waals surface area contributed by atoms with Crippen molar-refractivity contribution in [1.29, 1.82) is 0 Å². The highest BCUT2D eigenvalue weighted by Gasteiger charge is 2.11. The minimum absolute atomic E-state index is 0.209. The molecule has 0 aliphatic heterocycles. The first-order valence-corrected chi connectivity index (χ1v) is 6.07. The number of benzene rings is 2. The topological polar surface area (TPSA) is 67.0 Å². The Bertz CT molecular complexity index is 626. The predicted molar refractivity (Wildman–Crippen MR) is 74.6 cm³/mol. The molecular formula is C14H13ClN3O+. The van der Waals surface area contributed by atoms with Crippen LogP contribution in [0, 0.1) is 6.92 Å². The van der Waals surface area contributed by atoms with Crippen molar-refractivity contribution in [3.8, 4) is 0 Å². The number of carbonyl (C=O) groups excluding carboxylic acids is 1. The number of halogens is 1. The zero-order valence-electron chi connectivity index (χ0n) is 10.4. The van der Waals surface area contributed by atoms with E-state index in [1.807, 2.05) is 13.0 Å². The van der Waals surface area contributed by atoms with E-state index in [0.717, 1.165) is 5.56 Å². The monoisotopic (exact) mass is 274 g/mol. The molecule has 2 rings (SSSR count). The summed E-state index contributed by atoms with van der Waals surface area (Å²) in [5.74, 6) is -0.209. The molecular weight excluding hydrogens is 262 g/mol. The van der Waals surface area contributed by atoms with Crippen molar-refractivity contribution in [2.75, 3.05) is 5.32 Å². The standard InChI is InChI=1S/C14H12ClN3O/c1-9-7-13(11(15)8-12(9)18-16)17-14(19)10-5-3-2-4-6-10/h2-8,16H,1H3,(H,17,19)/p+1. The van der Waals surface area contributed by atoms with Crippen molar-refractivity contribution in [3.05, 3.63) is 58.6 Å². The van der Waals surface area contributed by atoms with E-state index in [9.17, 15) is 4.79 Å². The fraction of sp³-hybridized carbons (Fsp3) is 0.0714. The quantitative estimate of drug-likeness (QED) is 0.831. The van der Waals surface area contributed by atoms with Gasteiger partial charge in [0.1, 0.15) is 5.69 Å². The van der Waals surface area contributed by atoms with E-state index in [0.29, 0.717) is 22.0 Å². The second-order valence-corrected chi connectivity index (χ2v) is 4.47. The third-order valence-electron chi connectivity index (χ3n) is 2.71. The van der Waals surface area contributed by atoms with E-state index in [1.54, 1.807) is 36.4 Å². The summed E-state index contributed by atoms with van der Waals surface area (Å²) >= 11 is 6.08. The van der Waals surface area contributed by atoms with E-state index in [1.165, 1.54) is 0 Å². The number of nitrogens with two attached hydrogens (primary N) is 1. The third kappa shape index (κ3) is 2.98. The number of aryl methyl sites for hydroxylation is 1. The van der Waals surface area contributed by atoms with Gasteiger partial charge < -0.3 is 5.32 Å². The minimum Gasteiger partial charge on any atom is -0.321 e. The Labute approximate surface area is 115 Å². The van der Waals surface area contributed by atoms with Crippen molar-refractivity contribution in [1.82, 2.24) is 0 Å². The van der Waals surface area contributed by atoms with Gasteiger partial charge in [0.05, 0.1) is 10.7 Å². The Hall–Kier alpha value is -2.20. The number of hydrogen-bond donors (Lipinski definition) is 2. The van der Waals surface area contributed by atoms with Gasteiger partial charge in [-0.3, -0.25) is 4.79 Å². The van der Waals surface area contributed by atoms with Gasteiger partial charge in [0.15, 0.2) is 0 Å². The molecule has 96 valence electrons. The molecule has 0 bridgehead atoms. The van der Waals surface area contributed by atoms with Gasteiger partial charge in [-0.1, -0.05) is 29.8 Å². The van der Waals surface area contributed by atoms with Gasteiger partial charge in [0.2, 0.25) is 0 Å². The van der Waals surface area contributed by atoms with Crippen LogP contribution >= 0.6 is 11.6 Å². The van der Waals surface area contributed by atoms with Crippen LogP contribution in [-0.2, 0) is 0 Å². The molecule has 0 spiro atoms. The average Bonchev–Trinajstić information content (AvgIpc) is 2.43. The van der Waals surface area contributed by atoms with Gasteiger partial charge in [-0.15, -0.1) is 0 Å². The highest BCUT2D eigenvalue weighted by atomic mass is 35.5. The van der Waals surface area contributed by atoms with Crippen molar-refractivity contribution >= 4 is 28.9 Å². The van der Waals surface area contributed by atoms with Crippen LogP contribution < -0.4 is 10.8 Å². The molecule has 3 N–H and O–H groups in total. The molecule has 0 radical (unpaired) electrons. The molecule has 19 heavy (non-hydrogen) atoms. The number of rotatable bonds is 3. The van der Waals surface area contributed by atoms with E-state index < -0.39 is 0 Å². The maximum atomic E-state index is 12.0. The molecule has 0 unspecified atom stereocenters. The van der Waals surface area contributed by atoms with Crippen LogP contribution in [0.2, 0.25) is 5.02 Å². The Morgan fingerprint density at radius 3 is 2.58 bits per heavy atom. The summed E-state index contributed by atoms with van der Waals surface area (Å²) in [6, 6.07) is 12.3. The fourth-order valence-corrected chi connectivity index (χ4v) is 1.90. The van der Waals surface area contributed by atoms with Gasteiger partial charge in [-0.25, -0.2) is 0 Å². The summed E-state index contributed by atoms with van der Waals surface area (Å²) in [4.78, 5) is 12.0. The first kappa shape index (κ1) is 13.2. The summed E-state index contributed by atoms with van der Waals surface area (Å²) in [5.41, 5.74) is 7.80. The number of nitrogens with zero attached hydrogens (tertiary/aromatic N) is 1. The second kappa shape index (κ2) is 5.63. The minimum atomic E-state index is -0.209. The van der Waals surface area contributed by atoms with Crippen LogP contribution in [0.3, 0.4) is 0 Å². The lowest BCUT2D eigenvalue weighted by molar-refractivity contribution is -0.210. The number of nitrogens with one attached hydrogen (secondary N) is 1. The molecule has 1 amide bonds. The first-order chi connectivity index (χ1) is 9.11. The molecule has 0 fully saturated rings. The summed E-state index contributed by atoms with van der Waals surface area (Å²) in [6.07, 6.45) is 0.